The maximum atomic E-state index is 11.1. The first kappa shape index (κ1) is 19.2. The fraction of sp³-hybridized carbons (Fsp3) is 0.182. The van der Waals surface area contributed by atoms with E-state index in [0.29, 0.717) is 47.0 Å². The molecule has 4 rings (SSSR count). The van der Waals surface area contributed by atoms with Gasteiger partial charge in [-0.25, -0.2) is 0 Å². The maximum Gasteiger partial charge on any atom is 0.163 e. The van der Waals surface area contributed by atoms with Gasteiger partial charge in [0.1, 0.15) is 36.2 Å². The smallest absolute Gasteiger partial charge is 0.163 e. The van der Waals surface area contributed by atoms with Crippen molar-refractivity contribution in [2.75, 3.05) is 13.2 Å². The van der Waals surface area contributed by atoms with Crippen LogP contribution in [0.5, 0.6) is 23.0 Å². The third-order valence-corrected chi connectivity index (χ3v) is 4.35. The van der Waals surface area contributed by atoms with Gasteiger partial charge in [0.15, 0.2) is 11.6 Å². The Morgan fingerprint density at radius 2 is 1.14 bits per heavy atom. The molecule has 6 nitrogen and oxygen atoms in total. The molecule has 2 aromatic carbocycles. The molecule has 0 saturated heterocycles. The van der Waals surface area contributed by atoms with E-state index in [1.807, 2.05) is 0 Å². The summed E-state index contributed by atoms with van der Waals surface area (Å²) >= 11 is 0. The number of carbonyl (C=O) groups is 2. The van der Waals surface area contributed by atoms with Gasteiger partial charge in [0.05, 0.1) is 22.3 Å². The van der Waals surface area contributed by atoms with Crippen LogP contribution < -0.4 is 9.47 Å². The van der Waals surface area contributed by atoms with Crippen molar-refractivity contribution in [1.82, 2.24) is 0 Å². The monoisotopic (exact) mass is 380 g/mol. The zero-order chi connectivity index (χ0) is 20.3. The number of benzene rings is 2. The summed E-state index contributed by atoms with van der Waals surface area (Å²) in [5, 5.41) is 19.5. The second kappa shape index (κ2) is 8.00. The van der Waals surface area contributed by atoms with Crippen molar-refractivity contribution in [1.29, 1.82) is 0 Å². The molecule has 0 amide bonds. The molecule has 0 atom stereocenters. The van der Waals surface area contributed by atoms with Gasteiger partial charge in [0.25, 0.3) is 0 Å². The number of phenolic OH excluding ortho intramolecular Hbond substituents is 2. The third-order valence-electron chi connectivity index (χ3n) is 4.35. The molecular weight excluding hydrogens is 360 g/mol. The van der Waals surface area contributed by atoms with Crippen molar-refractivity contribution in [2.24, 2.45) is 0 Å². The third kappa shape index (κ3) is 3.76. The van der Waals surface area contributed by atoms with Gasteiger partial charge in [-0.3, -0.25) is 9.59 Å². The number of ketones is 2. The van der Waals surface area contributed by atoms with Crippen molar-refractivity contribution in [3.05, 3.63) is 58.7 Å². The first-order chi connectivity index (χ1) is 13.4. The molecule has 2 aliphatic heterocycles. The second-order valence-electron chi connectivity index (χ2n) is 6.29. The molecule has 0 bridgehead atoms. The number of rotatable bonds is 2. The molecule has 0 spiro atoms. The van der Waals surface area contributed by atoms with E-state index in [2.05, 4.69) is 0 Å². The highest BCUT2D eigenvalue weighted by Gasteiger charge is 2.16. The van der Waals surface area contributed by atoms with Crippen molar-refractivity contribution < 1.29 is 29.3 Å². The Kier molecular flexibility index (Phi) is 5.49. The first-order valence-corrected chi connectivity index (χ1v) is 8.72. The minimum Gasteiger partial charge on any atom is -0.506 e. The number of hydrogen-bond acceptors (Lipinski definition) is 6. The minimum atomic E-state index is -0.149. The number of Topliss-reactive ketones (excluding diaryl/α,β-unsaturated/α-hetero) is 2. The maximum absolute atomic E-state index is 11.1. The number of carbonyl (C=O) groups excluding carboxylic acids is 2. The van der Waals surface area contributed by atoms with Gasteiger partial charge in [-0.05, 0) is 62.4 Å². The molecule has 2 aliphatic rings. The largest absolute Gasteiger partial charge is 0.506 e. The van der Waals surface area contributed by atoms with Gasteiger partial charge in [-0.1, -0.05) is 0 Å². The molecule has 0 aromatic heterocycles. The molecule has 0 saturated carbocycles. The molecule has 2 aromatic rings. The average molecular weight is 380 g/mol. The van der Waals surface area contributed by atoms with Crippen molar-refractivity contribution in [2.45, 2.75) is 13.8 Å². The standard InChI is InChI=1S/2C11H10O3/c2*1-7(12)8-4-5-10-9(11(8)13)3-2-6-14-10/h2*2-5,13H,6H2,1H3. The molecule has 144 valence electrons. The zero-order valence-corrected chi connectivity index (χ0v) is 15.6. The van der Waals surface area contributed by atoms with Gasteiger partial charge in [0, 0.05) is 0 Å². The van der Waals surface area contributed by atoms with E-state index in [-0.39, 0.29) is 23.1 Å². The van der Waals surface area contributed by atoms with Crippen LogP contribution in [0.25, 0.3) is 12.2 Å². The van der Waals surface area contributed by atoms with E-state index >= 15 is 0 Å². The number of hydrogen-bond donors (Lipinski definition) is 2. The summed E-state index contributed by atoms with van der Waals surface area (Å²) in [5.41, 5.74) is 1.84. The van der Waals surface area contributed by atoms with E-state index in [9.17, 15) is 19.8 Å². The topological polar surface area (TPSA) is 93.1 Å². The Morgan fingerprint density at radius 1 is 0.750 bits per heavy atom. The van der Waals surface area contributed by atoms with Gasteiger partial charge < -0.3 is 19.7 Å². The lowest BCUT2D eigenvalue weighted by molar-refractivity contribution is 0.100. The van der Waals surface area contributed by atoms with Crippen molar-refractivity contribution in [3.8, 4) is 23.0 Å². The van der Waals surface area contributed by atoms with Crippen LogP contribution >= 0.6 is 0 Å². The van der Waals surface area contributed by atoms with Crippen LogP contribution in [-0.4, -0.2) is 35.0 Å². The number of fused-ring (bicyclic) bond motifs is 2. The summed E-state index contributed by atoms with van der Waals surface area (Å²) in [6.45, 7) is 3.86. The molecule has 28 heavy (non-hydrogen) atoms. The number of ether oxygens (including phenoxy) is 2. The Balaban J connectivity index is 0.000000161. The van der Waals surface area contributed by atoms with Crippen molar-refractivity contribution in [3.63, 3.8) is 0 Å². The molecule has 0 aliphatic carbocycles. The Bertz CT molecular complexity index is 919. The summed E-state index contributed by atoms with van der Waals surface area (Å²) < 4.78 is 10.6. The molecule has 2 heterocycles. The molecular formula is C22H20O6. The molecule has 0 fully saturated rings. The highest BCUT2D eigenvalue weighted by Crippen LogP contribution is 2.35. The Morgan fingerprint density at radius 3 is 1.50 bits per heavy atom. The predicted molar refractivity (Wildman–Crippen MR) is 105 cm³/mol. The Hall–Kier alpha value is -3.54. The van der Waals surface area contributed by atoms with Crippen LogP contribution in [-0.2, 0) is 0 Å². The highest BCUT2D eigenvalue weighted by atomic mass is 16.5. The van der Waals surface area contributed by atoms with E-state index < -0.39 is 0 Å². The van der Waals surface area contributed by atoms with E-state index in [1.54, 1.807) is 48.6 Å². The van der Waals surface area contributed by atoms with Crippen LogP contribution in [0.1, 0.15) is 45.7 Å². The summed E-state index contributed by atoms with van der Waals surface area (Å²) in [7, 11) is 0. The molecule has 2 N–H and O–H groups in total. The van der Waals surface area contributed by atoms with E-state index in [0.717, 1.165) is 0 Å². The van der Waals surface area contributed by atoms with Crippen LogP contribution in [0.2, 0.25) is 0 Å². The second-order valence-corrected chi connectivity index (χ2v) is 6.29. The summed E-state index contributed by atoms with van der Waals surface area (Å²) in [6, 6.07) is 6.57. The van der Waals surface area contributed by atoms with Crippen LogP contribution in [0.15, 0.2) is 36.4 Å². The summed E-state index contributed by atoms with van der Waals surface area (Å²) in [6.07, 6.45) is 7.12. The van der Waals surface area contributed by atoms with E-state index in [1.165, 1.54) is 13.8 Å². The first-order valence-electron chi connectivity index (χ1n) is 8.72. The minimum absolute atomic E-state index is 0.00551. The highest BCUT2D eigenvalue weighted by molar-refractivity contribution is 5.99. The van der Waals surface area contributed by atoms with Gasteiger partial charge >= 0.3 is 0 Å². The zero-order valence-electron chi connectivity index (χ0n) is 15.6. The lowest BCUT2D eigenvalue weighted by atomic mass is 10.0. The predicted octanol–water partition coefficient (Wildman–Crippen LogP) is 4.00. The van der Waals surface area contributed by atoms with Gasteiger partial charge in [-0.15, -0.1) is 0 Å². The van der Waals surface area contributed by atoms with Crippen LogP contribution in [0, 0.1) is 0 Å². The lowest BCUT2D eigenvalue weighted by Gasteiger charge is -2.14. The SMILES string of the molecule is CC(=O)c1ccc2c(c1O)C=CCO2.CC(=O)c1ccc2c(c1O)C=CCO2. The fourth-order valence-electron chi connectivity index (χ4n) is 2.93. The summed E-state index contributed by atoms with van der Waals surface area (Å²) in [5.74, 6) is 0.954. The lowest BCUT2D eigenvalue weighted by Crippen LogP contribution is -2.02. The normalized spacial score (nSPS) is 13.2. The van der Waals surface area contributed by atoms with E-state index in [4.69, 9.17) is 9.47 Å². The van der Waals surface area contributed by atoms with Crippen molar-refractivity contribution >= 4 is 23.7 Å². The number of aromatic hydroxyl groups is 2. The average Bonchev–Trinajstić information content (AvgIpc) is 2.69. The van der Waals surface area contributed by atoms with Gasteiger partial charge in [-0.2, -0.15) is 0 Å². The van der Waals surface area contributed by atoms with Gasteiger partial charge in [0.2, 0.25) is 0 Å². The van der Waals surface area contributed by atoms with Crippen LogP contribution in [0.4, 0.5) is 0 Å². The number of phenols is 2. The van der Waals surface area contributed by atoms with Crippen LogP contribution in [0.3, 0.4) is 0 Å². The quantitative estimate of drug-likeness (QED) is 0.765. The molecule has 6 heteroatoms. The fourth-order valence-corrected chi connectivity index (χ4v) is 2.93. The Labute approximate surface area is 162 Å². The summed E-state index contributed by atoms with van der Waals surface area (Å²) in [4.78, 5) is 22.3. The molecule has 0 radical (unpaired) electrons. The molecule has 0 unspecified atom stereocenters.